The molecule has 0 fully saturated rings. The molecule has 0 bridgehead atoms. The molecular weight excluding hydrogens is 386 g/mol. The van der Waals surface area contributed by atoms with E-state index in [1.54, 1.807) is 7.05 Å². The lowest BCUT2D eigenvalue weighted by Crippen LogP contribution is -2.38. The van der Waals surface area contributed by atoms with Gasteiger partial charge in [0.25, 0.3) is 5.56 Å². The predicted molar refractivity (Wildman–Crippen MR) is 100 cm³/mol. The van der Waals surface area contributed by atoms with Gasteiger partial charge in [0.2, 0.25) is 5.95 Å². The average Bonchev–Trinajstić information content (AvgIpc) is 2.99. The molecule has 0 saturated carbocycles. The Bertz CT molecular complexity index is 1090. The van der Waals surface area contributed by atoms with E-state index in [0.29, 0.717) is 17.7 Å². The van der Waals surface area contributed by atoms with E-state index in [9.17, 15) is 9.59 Å². The fourth-order valence-corrected chi connectivity index (χ4v) is 3.86. The van der Waals surface area contributed by atoms with Gasteiger partial charge in [-0.15, -0.1) is 0 Å². The van der Waals surface area contributed by atoms with Crippen LogP contribution in [0.5, 0.6) is 0 Å². The molecule has 3 heterocycles. The van der Waals surface area contributed by atoms with Crippen molar-refractivity contribution in [1.29, 1.82) is 0 Å². The molecule has 0 aliphatic carbocycles. The maximum absolute atomic E-state index is 12.6. The lowest BCUT2D eigenvalue weighted by atomic mass is 10.2. The van der Waals surface area contributed by atoms with Gasteiger partial charge >= 0.3 is 5.69 Å². The Kier molecular flexibility index (Phi) is 3.79. The third-order valence-electron chi connectivity index (χ3n) is 4.68. The average molecular weight is 404 g/mol. The number of halogens is 1. The normalized spacial score (nSPS) is 14.1. The third kappa shape index (κ3) is 2.52. The molecule has 0 spiro atoms. The summed E-state index contributed by atoms with van der Waals surface area (Å²) in [6, 6.07) is 8.15. The minimum Gasteiger partial charge on any atom is -0.338 e. The Balaban J connectivity index is 1.88. The Hall–Kier alpha value is -2.35. The maximum atomic E-state index is 12.6. The molecule has 7 nitrogen and oxygen atoms in total. The molecule has 0 atom stereocenters. The van der Waals surface area contributed by atoms with E-state index in [1.807, 2.05) is 16.7 Å². The molecule has 0 saturated heterocycles. The van der Waals surface area contributed by atoms with Crippen molar-refractivity contribution in [2.45, 2.75) is 19.5 Å². The summed E-state index contributed by atoms with van der Waals surface area (Å²) in [7, 11) is 3.16. The van der Waals surface area contributed by atoms with Crippen LogP contribution in [0.3, 0.4) is 0 Å². The highest BCUT2D eigenvalue weighted by Gasteiger charge is 2.25. The van der Waals surface area contributed by atoms with Crippen LogP contribution >= 0.6 is 15.9 Å². The second-order valence-electron chi connectivity index (χ2n) is 6.35. The number of rotatable bonds is 2. The SMILES string of the molecule is Cn1c(=O)c2c(nc3n2CCCN3Cc2cccc(Br)c2)n(C)c1=O. The van der Waals surface area contributed by atoms with Gasteiger partial charge in [-0.2, -0.15) is 4.98 Å². The number of benzene rings is 1. The van der Waals surface area contributed by atoms with Gasteiger partial charge in [0.15, 0.2) is 11.2 Å². The molecule has 130 valence electrons. The zero-order valence-corrected chi connectivity index (χ0v) is 15.7. The first-order chi connectivity index (χ1) is 12.0. The number of hydrogen-bond donors (Lipinski definition) is 0. The van der Waals surface area contributed by atoms with Crippen LogP contribution in [0.15, 0.2) is 38.3 Å². The molecule has 4 rings (SSSR count). The molecule has 8 heteroatoms. The zero-order valence-electron chi connectivity index (χ0n) is 14.1. The van der Waals surface area contributed by atoms with Crippen LogP contribution in [0.4, 0.5) is 5.95 Å². The Morgan fingerprint density at radius 3 is 2.72 bits per heavy atom. The lowest BCUT2D eigenvalue weighted by molar-refractivity contribution is 0.562. The van der Waals surface area contributed by atoms with Crippen molar-refractivity contribution in [1.82, 2.24) is 18.7 Å². The summed E-state index contributed by atoms with van der Waals surface area (Å²) in [4.78, 5) is 31.6. The molecule has 0 unspecified atom stereocenters. The zero-order chi connectivity index (χ0) is 17.7. The van der Waals surface area contributed by atoms with Crippen molar-refractivity contribution < 1.29 is 0 Å². The van der Waals surface area contributed by atoms with Crippen LogP contribution < -0.4 is 16.1 Å². The highest BCUT2D eigenvalue weighted by atomic mass is 79.9. The summed E-state index contributed by atoms with van der Waals surface area (Å²) >= 11 is 3.50. The van der Waals surface area contributed by atoms with Crippen molar-refractivity contribution >= 4 is 33.0 Å². The van der Waals surface area contributed by atoms with E-state index in [4.69, 9.17) is 0 Å². The van der Waals surface area contributed by atoms with Crippen LogP contribution in [0.25, 0.3) is 11.2 Å². The fourth-order valence-electron chi connectivity index (χ4n) is 3.41. The van der Waals surface area contributed by atoms with Crippen molar-refractivity contribution in [3.63, 3.8) is 0 Å². The quantitative estimate of drug-likeness (QED) is 0.651. The van der Waals surface area contributed by atoms with Crippen LogP contribution in [0.2, 0.25) is 0 Å². The number of aryl methyl sites for hydroxylation is 2. The maximum Gasteiger partial charge on any atom is 0.332 e. The Labute approximate surface area is 152 Å². The van der Waals surface area contributed by atoms with Crippen LogP contribution in [-0.4, -0.2) is 25.2 Å². The van der Waals surface area contributed by atoms with Gasteiger partial charge in [0.1, 0.15) is 0 Å². The van der Waals surface area contributed by atoms with E-state index in [-0.39, 0.29) is 11.2 Å². The fraction of sp³-hybridized carbons (Fsp3) is 0.353. The number of anilines is 1. The van der Waals surface area contributed by atoms with E-state index in [1.165, 1.54) is 11.6 Å². The van der Waals surface area contributed by atoms with Gasteiger partial charge in [-0.3, -0.25) is 13.9 Å². The molecule has 3 aromatic rings. The standard InChI is InChI=1S/C17H18BrN5O2/c1-20-14-13(15(24)21(2)17(20)25)23-8-4-7-22(16(23)19-14)10-11-5-3-6-12(18)9-11/h3,5-6,9H,4,7-8,10H2,1-2H3. The molecule has 0 radical (unpaired) electrons. The van der Waals surface area contributed by atoms with Crippen molar-refractivity contribution in [2.24, 2.45) is 14.1 Å². The second kappa shape index (κ2) is 5.87. The molecule has 0 N–H and O–H groups in total. The van der Waals surface area contributed by atoms with E-state index in [0.717, 1.165) is 40.1 Å². The van der Waals surface area contributed by atoms with Crippen LogP contribution in [0, 0.1) is 0 Å². The van der Waals surface area contributed by atoms with Gasteiger partial charge in [-0.25, -0.2) is 4.79 Å². The van der Waals surface area contributed by atoms with Gasteiger partial charge < -0.3 is 9.47 Å². The molecule has 1 aromatic carbocycles. The van der Waals surface area contributed by atoms with Crippen molar-refractivity contribution in [3.8, 4) is 0 Å². The van der Waals surface area contributed by atoms with E-state index >= 15 is 0 Å². The highest BCUT2D eigenvalue weighted by molar-refractivity contribution is 9.10. The first-order valence-electron chi connectivity index (χ1n) is 8.13. The lowest BCUT2D eigenvalue weighted by Gasteiger charge is -2.29. The smallest absolute Gasteiger partial charge is 0.332 e. The summed E-state index contributed by atoms with van der Waals surface area (Å²) in [5.74, 6) is 0.750. The number of aromatic nitrogens is 4. The molecule has 1 aliphatic rings. The van der Waals surface area contributed by atoms with Gasteiger partial charge in [-0.05, 0) is 24.1 Å². The summed E-state index contributed by atoms with van der Waals surface area (Å²) in [6.07, 6.45) is 0.929. The Morgan fingerprint density at radius 2 is 1.96 bits per heavy atom. The van der Waals surface area contributed by atoms with Gasteiger partial charge in [0.05, 0.1) is 0 Å². The van der Waals surface area contributed by atoms with E-state index in [2.05, 4.69) is 37.9 Å². The molecule has 1 aliphatic heterocycles. The summed E-state index contributed by atoms with van der Waals surface area (Å²) in [6.45, 7) is 2.30. The van der Waals surface area contributed by atoms with Crippen molar-refractivity contribution in [3.05, 3.63) is 55.1 Å². The first-order valence-corrected chi connectivity index (χ1v) is 8.92. The molecule has 25 heavy (non-hydrogen) atoms. The van der Waals surface area contributed by atoms with Gasteiger partial charge in [-0.1, -0.05) is 28.1 Å². The summed E-state index contributed by atoms with van der Waals surface area (Å²) < 4.78 is 5.56. The highest BCUT2D eigenvalue weighted by Crippen LogP contribution is 2.26. The Morgan fingerprint density at radius 1 is 1.16 bits per heavy atom. The topological polar surface area (TPSA) is 65.1 Å². The monoisotopic (exact) mass is 403 g/mol. The summed E-state index contributed by atoms with van der Waals surface area (Å²) in [5, 5.41) is 0. The number of imidazole rings is 1. The molecule has 0 amide bonds. The minimum absolute atomic E-state index is 0.291. The minimum atomic E-state index is -0.355. The predicted octanol–water partition coefficient (Wildman–Crippen LogP) is 1.61. The van der Waals surface area contributed by atoms with Gasteiger partial charge in [0, 0.05) is 38.2 Å². The molecular formula is C17H18BrN5O2. The largest absolute Gasteiger partial charge is 0.338 e. The van der Waals surface area contributed by atoms with Crippen LogP contribution in [-0.2, 0) is 27.2 Å². The van der Waals surface area contributed by atoms with Crippen molar-refractivity contribution in [2.75, 3.05) is 11.4 Å². The number of fused-ring (bicyclic) bond motifs is 3. The number of hydrogen-bond acceptors (Lipinski definition) is 4. The number of nitrogens with zero attached hydrogens (tertiary/aromatic N) is 5. The van der Waals surface area contributed by atoms with E-state index < -0.39 is 0 Å². The first kappa shape index (κ1) is 16.1. The third-order valence-corrected chi connectivity index (χ3v) is 5.18. The summed E-state index contributed by atoms with van der Waals surface area (Å²) in [5.41, 5.74) is 1.46. The molecule has 2 aromatic heterocycles. The van der Waals surface area contributed by atoms with Crippen LogP contribution in [0.1, 0.15) is 12.0 Å². The second-order valence-corrected chi connectivity index (χ2v) is 7.26.